The summed E-state index contributed by atoms with van der Waals surface area (Å²) in [6.07, 6.45) is 0.0529. The van der Waals surface area contributed by atoms with E-state index in [0.717, 1.165) is 0 Å². The van der Waals surface area contributed by atoms with E-state index in [0.29, 0.717) is 11.5 Å². The predicted octanol–water partition coefficient (Wildman–Crippen LogP) is 3.23. The van der Waals surface area contributed by atoms with Gasteiger partial charge in [-0.3, -0.25) is 9.59 Å². The van der Waals surface area contributed by atoms with E-state index >= 15 is 0 Å². The number of anilines is 1. The van der Waals surface area contributed by atoms with Gasteiger partial charge in [0.15, 0.2) is 12.4 Å². The average molecular weight is 360 g/mol. The Labute approximate surface area is 152 Å². The Morgan fingerprint density at radius 3 is 2.46 bits per heavy atom. The molecule has 0 aliphatic carbocycles. The fourth-order valence-corrected chi connectivity index (χ4v) is 2.13. The van der Waals surface area contributed by atoms with Crippen LogP contribution >= 0.6 is 0 Å². The molecule has 0 aliphatic rings. The summed E-state index contributed by atoms with van der Waals surface area (Å²) in [5, 5.41) is 6.08. The minimum Gasteiger partial charge on any atom is -0.493 e. The van der Waals surface area contributed by atoms with Gasteiger partial charge in [0.05, 0.1) is 13.0 Å². The summed E-state index contributed by atoms with van der Waals surface area (Å²) in [6, 6.07) is 9.32. The van der Waals surface area contributed by atoms with Gasteiger partial charge in [-0.25, -0.2) is 0 Å². The first kappa shape index (κ1) is 19.5. The van der Waals surface area contributed by atoms with Crippen LogP contribution in [0, 0.1) is 6.92 Å². The second-order valence-electron chi connectivity index (χ2n) is 6.90. The Bertz CT molecular complexity index is 744. The molecule has 0 saturated carbocycles. The molecule has 7 heteroatoms. The number of nitrogens with one attached hydrogen (secondary N) is 1. The van der Waals surface area contributed by atoms with Crippen LogP contribution in [0.4, 0.5) is 5.82 Å². The Kier molecular flexibility index (Phi) is 6.38. The van der Waals surface area contributed by atoms with Crippen LogP contribution in [-0.2, 0) is 19.7 Å². The third-order valence-electron chi connectivity index (χ3n) is 3.55. The van der Waals surface area contributed by atoms with Crippen LogP contribution in [0.5, 0.6) is 5.75 Å². The monoisotopic (exact) mass is 360 g/mol. The summed E-state index contributed by atoms with van der Waals surface area (Å²) in [5.74, 6) is 0.550. The second kappa shape index (κ2) is 8.51. The van der Waals surface area contributed by atoms with E-state index in [1.807, 2.05) is 24.3 Å². The Balaban J connectivity index is 1.66. The van der Waals surface area contributed by atoms with Crippen molar-refractivity contribution < 1.29 is 23.6 Å². The largest absolute Gasteiger partial charge is 0.493 e. The first-order chi connectivity index (χ1) is 12.2. The quantitative estimate of drug-likeness (QED) is 0.762. The molecule has 0 saturated heterocycles. The van der Waals surface area contributed by atoms with E-state index in [9.17, 15) is 9.59 Å². The first-order valence-electron chi connectivity index (χ1n) is 8.36. The molecule has 0 aliphatic heterocycles. The lowest BCUT2D eigenvalue weighted by atomic mass is 9.87. The van der Waals surface area contributed by atoms with Gasteiger partial charge in [-0.2, -0.15) is 0 Å². The van der Waals surface area contributed by atoms with Gasteiger partial charge in [-0.15, -0.1) is 0 Å². The molecule has 0 atom stereocenters. The molecule has 0 spiro atoms. The summed E-state index contributed by atoms with van der Waals surface area (Å²) in [7, 11) is 0. The van der Waals surface area contributed by atoms with Crippen molar-refractivity contribution >= 4 is 17.7 Å². The predicted molar refractivity (Wildman–Crippen MR) is 96.1 cm³/mol. The number of amides is 1. The maximum atomic E-state index is 11.7. The molecule has 2 rings (SSSR count). The number of ether oxygens (including phenoxy) is 2. The third kappa shape index (κ3) is 6.23. The molecule has 0 radical (unpaired) electrons. The highest BCUT2D eigenvalue weighted by atomic mass is 16.5. The lowest BCUT2D eigenvalue weighted by Gasteiger charge is -2.19. The summed E-state index contributed by atoms with van der Waals surface area (Å²) < 4.78 is 15.2. The number of rotatable bonds is 7. The number of nitrogens with zero attached hydrogens (tertiary/aromatic N) is 1. The molecule has 1 aromatic heterocycles. The van der Waals surface area contributed by atoms with Crippen molar-refractivity contribution in [1.82, 2.24) is 5.16 Å². The van der Waals surface area contributed by atoms with Gasteiger partial charge in [0.1, 0.15) is 11.5 Å². The summed E-state index contributed by atoms with van der Waals surface area (Å²) in [5.41, 5.74) is 1.28. The Morgan fingerprint density at radius 1 is 1.19 bits per heavy atom. The van der Waals surface area contributed by atoms with E-state index in [1.54, 1.807) is 13.0 Å². The van der Waals surface area contributed by atoms with Gasteiger partial charge in [-0.1, -0.05) is 38.1 Å². The van der Waals surface area contributed by atoms with Crippen LogP contribution in [0.2, 0.25) is 0 Å². The van der Waals surface area contributed by atoms with Gasteiger partial charge >= 0.3 is 5.97 Å². The number of carbonyl (C=O) groups is 2. The van der Waals surface area contributed by atoms with E-state index in [-0.39, 0.29) is 30.9 Å². The van der Waals surface area contributed by atoms with Crippen molar-refractivity contribution in [1.29, 1.82) is 0 Å². The lowest BCUT2D eigenvalue weighted by Crippen LogP contribution is -2.21. The molecule has 1 heterocycles. The molecular formula is C19H24N2O5. The molecule has 1 aromatic carbocycles. The maximum Gasteiger partial charge on any atom is 0.309 e. The zero-order valence-corrected chi connectivity index (χ0v) is 15.5. The number of esters is 1. The molecular weight excluding hydrogens is 336 g/mol. The number of aryl methyl sites for hydroxylation is 1. The van der Waals surface area contributed by atoms with Crippen LogP contribution in [0.25, 0.3) is 0 Å². The van der Waals surface area contributed by atoms with Crippen molar-refractivity contribution in [3.8, 4) is 5.75 Å². The number of hydrogen-bond donors (Lipinski definition) is 1. The van der Waals surface area contributed by atoms with Gasteiger partial charge in [0, 0.05) is 6.07 Å². The first-order valence-corrected chi connectivity index (χ1v) is 8.36. The molecule has 140 valence electrons. The SMILES string of the molecule is Cc1cc(NC(=O)COC(=O)CCOc2ccc(C(C)(C)C)cc2)no1. The van der Waals surface area contributed by atoms with Gasteiger partial charge in [0.2, 0.25) is 0 Å². The van der Waals surface area contributed by atoms with Crippen molar-refractivity contribution in [3.63, 3.8) is 0 Å². The van der Waals surface area contributed by atoms with Gasteiger partial charge in [-0.05, 0) is 30.0 Å². The lowest BCUT2D eigenvalue weighted by molar-refractivity contribution is -0.147. The maximum absolute atomic E-state index is 11.7. The van der Waals surface area contributed by atoms with Crippen LogP contribution in [0.1, 0.15) is 38.5 Å². The highest BCUT2D eigenvalue weighted by Crippen LogP contribution is 2.24. The number of carbonyl (C=O) groups excluding carboxylic acids is 2. The zero-order valence-electron chi connectivity index (χ0n) is 15.5. The smallest absolute Gasteiger partial charge is 0.309 e. The summed E-state index contributed by atoms with van der Waals surface area (Å²) in [4.78, 5) is 23.3. The zero-order chi connectivity index (χ0) is 19.2. The number of aromatic nitrogens is 1. The molecule has 1 N–H and O–H groups in total. The minimum absolute atomic E-state index is 0.0529. The van der Waals surface area contributed by atoms with Gasteiger partial charge in [0.25, 0.3) is 5.91 Å². The molecule has 1 amide bonds. The molecule has 7 nitrogen and oxygen atoms in total. The van der Waals surface area contributed by atoms with Gasteiger partial charge < -0.3 is 19.3 Å². The van der Waals surface area contributed by atoms with E-state index < -0.39 is 11.9 Å². The second-order valence-corrected chi connectivity index (χ2v) is 6.90. The third-order valence-corrected chi connectivity index (χ3v) is 3.55. The Hall–Kier alpha value is -2.83. The standard InChI is InChI=1S/C19H24N2O5/c1-13-11-16(21-26-13)20-17(22)12-25-18(23)9-10-24-15-7-5-14(6-8-15)19(2,3)4/h5-8,11H,9-10,12H2,1-4H3,(H,20,21,22). The molecule has 0 unspecified atom stereocenters. The molecule has 26 heavy (non-hydrogen) atoms. The minimum atomic E-state index is -0.511. The highest BCUT2D eigenvalue weighted by Gasteiger charge is 2.13. The molecule has 2 aromatic rings. The van der Waals surface area contributed by atoms with Crippen molar-refractivity contribution in [2.45, 2.75) is 39.5 Å². The van der Waals surface area contributed by atoms with Crippen molar-refractivity contribution in [2.24, 2.45) is 0 Å². The van der Waals surface area contributed by atoms with E-state index in [1.165, 1.54) is 5.56 Å². The van der Waals surface area contributed by atoms with Crippen molar-refractivity contribution in [2.75, 3.05) is 18.5 Å². The van der Waals surface area contributed by atoms with E-state index in [4.69, 9.17) is 14.0 Å². The molecule has 0 fully saturated rings. The van der Waals surface area contributed by atoms with Crippen LogP contribution in [-0.4, -0.2) is 30.2 Å². The topological polar surface area (TPSA) is 90.7 Å². The van der Waals surface area contributed by atoms with Crippen LogP contribution in [0.15, 0.2) is 34.9 Å². The fourth-order valence-electron chi connectivity index (χ4n) is 2.13. The van der Waals surface area contributed by atoms with Crippen molar-refractivity contribution in [3.05, 3.63) is 41.7 Å². The Morgan fingerprint density at radius 2 is 1.88 bits per heavy atom. The normalized spacial score (nSPS) is 11.1. The highest BCUT2D eigenvalue weighted by molar-refractivity contribution is 5.91. The fraction of sp³-hybridized carbons (Fsp3) is 0.421. The van der Waals surface area contributed by atoms with Crippen LogP contribution in [0.3, 0.4) is 0 Å². The average Bonchev–Trinajstić information content (AvgIpc) is 2.97. The summed E-state index contributed by atoms with van der Waals surface area (Å²) >= 11 is 0. The van der Waals surface area contributed by atoms with Crippen LogP contribution < -0.4 is 10.1 Å². The summed E-state index contributed by atoms with van der Waals surface area (Å²) in [6.45, 7) is 7.92. The van der Waals surface area contributed by atoms with E-state index in [2.05, 4.69) is 31.2 Å². The molecule has 0 bridgehead atoms. The number of hydrogen-bond acceptors (Lipinski definition) is 6. The number of benzene rings is 1.